The second kappa shape index (κ2) is 10.7. The summed E-state index contributed by atoms with van der Waals surface area (Å²) in [4.78, 5) is 23.1. The topological polar surface area (TPSA) is 73.9 Å². The fraction of sp³-hybridized carbons (Fsp3) is 0.867. The zero-order valence-corrected chi connectivity index (χ0v) is 14.9. The molecule has 0 aromatic rings. The zero-order chi connectivity index (χ0) is 17.2. The van der Waals surface area contributed by atoms with Crippen LogP contribution in [-0.2, 0) is 19.0 Å². The van der Waals surface area contributed by atoms with Gasteiger partial charge < -0.3 is 19.5 Å². The van der Waals surface area contributed by atoms with Crippen molar-refractivity contribution in [2.45, 2.75) is 59.2 Å². The van der Waals surface area contributed by atoms with Crippen molar-refractivity contribution >= 4 is 23.7 Å². The van der Waals surface area contributed by atoms with E-state index in [1.807, 2.05) is 13.8 Å². The number of halogens is 1. The highest BCUT2D eigenvalue weighted by Crippen LogP contribution is 2.12. The van der Waals surface area contributed by atoms with Gasteiger partial charge in [0.25, 0.3) is 0 Å². The van der Waals surface area contributed by atoms with Gasteiger partial charge >= 0.3 is 12.1 Å². The molecule has 6 nitrogen and oxygen atoms in total. The zero-order valence-electron chi connectivity index (χ0n) is 14.1. The molecule has 130 valence electrons. The molecule has 0 aliphatic rings. The molecule has 0 rings (SSSR count). The average Bonchev–Trinajstić information content (AvgIpc) is 2.33. The second-order valence-electron chi connectivity index (χ2n) is 6.30. The SMILES string of the molecule is CC(C)OCC(CCNC(=O)OC(C)(C)C)CC(=O)OCCl. The summed E-state index contributed by atoms with van der Waals surface area (Å²) in [5.74, 6) is -0.419. The van der Waals surface area contributed by atoms with Crippen LogP contribution in [0.4, 0.5) is 4.79 Å². The number of ether oxygens (including phenoxy) is 3. The minimum atomic E-state index is -0.533. The number of carbonyl (C=O) groups excluding carboxylic acids is 2. The number of esters is 1. The van der Waals surface area contributed by atoms with Gasteiger partial charge in [0.2, 0.25) is 0 Å². The molecule has 7 heteroatoms. The third kappa shape index (κ3) is 12.7. The molecule has 0 saturated carbocycles. The molecule has 0 saturated heterocycles. The van der Waals surface area contributed by atoms with Gasteiger partial charge in [-0.1, -0.05) is 11.6 Å². The second-order valence-corrected chi connectivity index (χ2v) is 6.51. The minimum absolute atomic E-state index is 0.0481. The summed E-state index contributed by atoms with van der Waals surface area (Å²) in [6.07, 6.45) is 0.392. The Labute approximate surface area is 137 Å². The van der Waals surface area contributed by atoms with Crippen LogP contribution in [-0.4, -0.2) is 43.0 Å². The van der Waals surface area contributed by atoms with E-state index >= 15 is 0 Å². The van der Waals surface area contributed by atoms with Crippen LogP contribution in [0.1, 0.15) is 47.5 Å². The standard InChI is InChI=1S/C15H28ClNO5/c1-11(2)20-9-12(8-13(18)21-10-16)6-7-17-14(19)22-15(3,4)5/h11-12H,6-10H2,1-5H3,(H,17,19). The molecule has 0 aliphatic heterocycles. The van der Waals surface area contributed by atoms with E-state index in [1.54, 1.807) is 20.8 Å². The number of amides is 1. The fourth-order valence-corrected chi connectivity index (χ4v) is 1.74. The number of hydrogen-bond acceptors (Lipinski definition) is 5. The van der Waals surface area contributed by atoms with E-state index in [4.69, 9.17) is 25.8 Å². The van der Waals surface area contributed by atoms with E-state index in [9.17, 15) is 9.59 Å². The summed E-state index contributed by atoms with van der Waals surface area (Å²) in [6, 6.07) is -0.160. The Morgan fingerprint density at radius 1 is 1.23 bits per heavy atom. The average molecular weight is 338 g/mol. The molecular weight excluding hydrogens is 310 g/mol. The Hall–Kier alpha value is -1.01. The first kappa shape index (κ1) is 21.0. The number of alkyl halides is 1. The predicted octanol–water partition coefficient (Wildman–Crippen LogP) is 3.07. The quantitative estimate of drug-likeness (QED) is 0.517. The summed E-state index contributed by atoms with van der Waals surface area (Å²) in [7, 11) is 0. The van der Waals surface area contributed by atoms with Gasteiger partial charge in [0, 0.05) is 6.54 Å². The smallest absolute Gasteiger partial charge is 0.407 e. The van der Waals surface area contributed by atoms with E-state index in [1.165, 1.54) is 0 Å². The first-order valence-electron chi connectivity index (χ1n) is 7.44. The van der Waals surface area contributed by atoms with Crippen molar-refractivity contribution in [3.05, 3.63) is 0 Å². The summed E-state index contributed by atoms with van der Waals surface area (Å²) in [6.45, 7) is 10.1. The lowest BCUT2D eigenvalue weighted by Gasteiger charge is -2.21. The normalized spacial score (nSPS) is 12.9. The molecule has 1 unspecified atom stereocenters. The first-order chi connectivity index (χ1) is 10.1. The molecule has 1 amide bonds. The van der Waals surface area contributed by atoms with Crippen molar-refractivity contribution in [2.24, 2.45) is 5.92 Å². The third-order valence-electron chi connectivity index (χ3n) is 2.56. The lowest BCUT2D eigenvalue weighted by molar-refractivity contribution is -0.143. The van der Waals surface area contributed by atoms with Crippen LogP contribution in [0.3, 0.4) is 0 Å². The maximum absolute atomic E-state index is 11.6. The van der Waals surface area contributed by atoms with Crippen molar-refractivity contribution in [3.63, 3.8) is 0 Å². The van der Waals surface area contributed by atoms with E-state index in [0.29, 0.717) is 19.6 Å². The van der Waals surface area contributed by atoms with Gasteiger partial charge in [-0.2, -0.15) is 0 Å². The fourth-order valence-electron chi connectivity index (χ4n) is 1.62. The molecule has 0 heterocycles. The minimum Gasteiger partial charge on any atom is -0.449 e. The maximum Gasteiger partial charge on any atom is 0.407 e. The van der Waals surface area contributed by atoms with Gasteiger partial charge in [-0.3, -0.25) is 4.79 Å². The Bertz CT molecular complexity index is 341. The Morgan fingerprint density at radius 2 is 1.86 bits per heavy atom. The molecule has 0 radical (unpaired) electrons. The Morgan fingerprint density at radius 3 is 2.36 bits per heavy atom. The number of hydrogen-bond donors (Lipinski definition) is 1. The lowest BCUT2D eigenvalue weighted by Crippen LogP contribution is -2.34. The van der Waals surface area contributed by atoms with Crippen molar-refractivity contribution in [1.29, 1.82) is 0 Å². The van der Waals surface area contributed by atoms with Crippen LogP contribution in [0.15, 0.2) is 0 Å². The molecule has 0 aliphatic carbocycles. The van der Waals surface area contributed by atoms with Gasteiger partial charge in [0.1, 0.15) is 5.60 Å². The van der Waals surface area contributed by atoms with Crippen LogP contribution in [0.2, 0.25) is 0 Å². The summed E-state index contributed by atoms with van der Waals surface area (Å²) < 4.78 is 15.4. The number of rotatable bonds is 9. The Kier molecular flexibility index (Phi) is 10.2. The molecule has 22 heavy (non-hydrogen) atoms. The van der Waals surface area contributed by atoms with Crippen LogP contribution < -0.4 is 5.32 Å². The highest BCUT2D eigenvalue weighted by molar-refractivity contribution is 6.17. The highest BCUT2D eigenvalue weighted by atomic mass is 35.5. The van der Waals surface area contributed by atoms with Crippen molar-refractivity contribution < 1.29 is 23.8 Å². The van der Waals surface area contributed by atoms with Crippen LogP contribution in [0, 0.1) is 5.92 Å². The van der Waals surface area contributed by atoms with Crippen LogP contribution >= 0.6 is 11.6 Å². The third-order valence-corrected chi connectivity index (χ3v) is 2.67. The largest absolute Gasteiger partial charge is 0.449 e. The van der Waals surface area contributed by atoms with Crippen molar-refractivity contribution in [2.75, 3.05) is 19.2 Å². The van der Waals surface area contributed by atoms with E-state index in [2.05, 4.69) is 5.32 Å². The van der Waals surface area contributed by atoms with Gasteiger partial charge in [0.15, 0.2) is 6.07 Å². The van der Waals surface area contributed by atoms with Crippen LogP contribution in [0.25, 0.3) is 0 Å². The first-order valence-corrected chi connectivity index (χ1v) is 7.97. The maximum atomic E-state index is 11.6. The molecule has 0 fully saturated rings. The molecular formula is C15H28ClNO5. The molecule has 0 spiro atoms. The monoisotopic (exact) mass is 337 g/mol. The highest BCUT2D eigenvalue weighted by Gasteiger charge is 2.18. The van der Waals surface area contributed by atoms with Crippen molar-refractivity contribution in [3.8, 4) is 0 Å². The predicted molar refractivity (Wildman–Crippen MR) is 84.9 cm³/mol. The van der Waals surface area contributed by atoms with Gasteiger partial charge in [-0.15, -0.1) is 0 Å². The van der Waals surface area contributed by atoms with E-state index in [-0.39, 0.29) is 30.5 Å². The van der Waals surface area contributed by atoms with Gasteiger partial charge in [0.05, 0.1) is 19.1 Å². The molecule has 0 aromatic carbocycles. The van der Waals surface area contributed by atoms with Gasteiger partial charge in [-0.05, 0) is 47.0 Å². The summed E-state index contributed by atoms with van der Waals surface area (Å²) in [5, 5.41) is 2.67. The number of nitrogens with one attached hydrogen (secondary N) is 1. The molecule has 1 atom stereocenters. The lowest BCUT2D eigenvalue weighted by atomic mass is 10.0. The van der Waals surface area contributed by atoms with Crippen molar-refractivity contribution in [1.82, 2.24) is 5.32 Å². The molecule has 0 bridgehead atoms. The van der Waals surface area contributed by atoms with Crippen LogP contribution in [0.5, 0.6) is 0 Å². The Balaban J connectivity index is 4.21. The number of carbonyl (C=O) groups is 2. The van der Waals surface area contributed by atoms with E-state index < -0.39 is 11.7 Å². The number of alkyl carbamates (subject to hydrolysis) is 1. The van der Waals surface area contributed by atoms with Gasteiger partial charge in [-0.25, -0.2) is 4.79 Å². The summed E-state index contributed by atoms with van der Waals surface area (Å²) in [5.41, 5.74) is -0.533. The summed E-state index contributed by atoms with van der Waals surface area (Å²) >= 11 is 5.37. The molecule has 1 N–H and O–H groups in total. The molecule has 0 aromatic heterocycles. The van der Waals surface area contributed by atoms with E-state index in [0.717, 1.165) is 0 Å².